The first kappa shape index (κ1) is 10.5. The fourth-order valence-corrected chi connectivity index (χ4v) is 1.83. The molecule has 3 rings (SSSR count). The van der Waals surface area contributed by atoms with Gasteiger partial charge < -0.3 is 5.11 Å². The number of rotatable bonds is 1. The molecule has 5 nitrogen and oxygen atoms in total. The third kappa shape index (κ3) is 1.53. The zero-order valence-electron chi connectivity index (χ0n) is 9.32. The van der Waals surface area contributed by atoms with Crippen LogP contribution in [0.15, 0.2) is 53.6 Å². The van der Waals surface area contributed by atoms with Crippen molar-refractivity contribution < 1.29 is 5.11 Å². The predicted molar refractivity (Wildman–Crippen MR) is 66.4 cm³/mol. The lowest BCUT2D eigenvalue weighted by Gasteiger charge is -2.05. The summed E-state index contributed by atoms with van der Waals surface area (Å²) in [6, 6.07) is 10.6. The quantitative estimate of drug-likeness (QED) is 0.698. The number of hydrogen-bond donors (Lipinski definition) is 1. The Morgan fingerprint density at radius 1 is 1.11 bits per heavy atom. The number of aromatic nitrogens is 3. The molecule has 3 aromatic rings. The largest absolute Gasteiger partial charge is 0.493 e. The van der Waals surface area contributed by atoms with Gasteiger partial charge in [0, 0.05) is 12.4 Å². The highest BCUT2D eigenvalue weighted by Gasteiger charge is 2.13. The molecule has 1 aromatic carbocycles. The SMILES string of the molecule is O=c1c(-c2ccccc2)c(O)nc2ncccn12. The summed E-state index contributed by atoms with van der Waals surface area (Å²) in [6.07, 6.45) is 3.09. The van der Waals surface area contributed by atoms with E-state index < -0.39 is 0 Å². The number of aromatic hydroxyl groups is 1. The maximum Gasteiger partial charge on any atom is 0.270 e. The molecule has 0 saturated heterocycles. The molecule has 5 heteroatoms. The molecule has 0 aliphatic carbocycles. The number of fused-ring (bicyclic) bond motifs is 1. The minimum absolute atomic E-state index is 0.180. The van der Waals surface area contributed by atoms with E-state index in [1.54, 1.807) is 36.5 Å². The summed E-state index contributed by atoms with van der Waals surface area (Å²) in [4.78, 5) is 20.1. The molecule has 0 unspecified atom stereocenters. The van der Waals surface area contributed by atoms with E-state index in [4.69, 9.17) is 0 Å². The Hall–Kier alpha value is -2.69. The Morgan fingerprint density at radius 3 is 2.67 bits per heavy atom. The van der Waals surface area contributed by atoms with Crippen molar-refractivity contribution >= 4 is 5.78 Å². The van der Waals surface area contributed by atoms with Crippen molar-refractivity contribution in [2.75, 3.05) is 0 Å². The third-order valence-electron chi connectivity index (χ3n) is 2.65. The van der Waals surface area contributed by atoms with Gasteiger partial charge in [-0.1, -0.05) is 30.3 Å². The lowest BCUT2D eigenvalue weighted by Crippen LogP contribution is -2.17. The van der Waals surface area contributed by atoms with Crippen molar-refractivity contribution in [1.82, 2.24) is 14.4 Å². The molecule has 0 aliphatic rings. The average Bonchev–Trinajstić information content (AvgIpc) is 2.40. The molecule has 88 valence electrons. The number of nitrogens with zero attached hydrogens (tertiary/aromatic N) is 3. The van der Waals surface area contributed by atoms with Crippen molar-refractivity contribution in [2.45, 2.75) is 0 Å². The molecule has 0 aliphatic heterocycles. The summed E-state index contributed by atoms with van der Waals surface area (Å²) in [5.41, 5.74) is 0.476. The van der Waals surface area contributed by atoms with Gasteiger partial charge in [-0.15, -0.1) is 0 Å². The van der Waals surface area contributed by atoms with Gasteiger partial charge in [0.05, 0.1) is 0 Å². The number of benzene rings is 1. The van der Waals surface area contributed by atoms with E-state index in [-0.39, 0.29) is 22.8 Å². The molecule has 0 atom stereocenters. The molecule has 1 N–H and O–H groups in total. The van der Waals surface area contributed by atoms with Gasteiger partial charge in [-0.25, -0.2) is 4.98 Å². The molecule has 0 radical (unpaired) electrons. The zero-order valence-corrected chi connectivity index (χ0v) is 9.32. The van der Waals surface area contributed by atoms with E-state index >= 15 is 0 Å². The van der Waals surface area contributed by atoms with Crippen LogP contribution in [0, 0.1) is 0 Å². The molecule has 0 saturated carbocycles. The molecule has 2 aromatic heterocycles. The van der Waals surface area contributed by atoms with Crippen LogP contribution in [0.5, 0.6) is 5.88 Å². The fourth-order valence-electron chi connectivity index (χ4n) is 1.83. The third-order valence-corrected chi connectivity index (χ3v) is 2.65. The van der Waals surface area contributed by atoms with Gasteiger partial charge in [-0.3, -0.25) is 9.20 Å². The van der Waals surface area contributed by atoms with Crippen LogP contribution in [-0.4, -0.2) is 19.5 Å². The van der Waals surface area contributed by atoms with Gasteiger partial charge in [0.1, 0.15) is 5.56 Å². The van der Waals surface area contributed by atoms with Crippen molar-refractivity contribution in [3.63, 3.8) is 0 Å². The second-order valence-electron chi connectivity index (χ2n) is 3.77. The molecule has 18 heavy (non-hydrogen) atoms. The van der Waals surface area contributed by atoms with E-state index in [1.165, 1.54) is 10.6 Å². The summed E-state index contributed by atoms with van der Waals surface area (Å²) < 4.78 is 1.31. The van der Waals surface area contributed by atoms with Gasteiger partial charge in [-0.2, -0.15) is 4.98 Å². The fraction of sp³-hybridized carbons (Fsp3) is 0. The first-order chi connectivity index (χ1) is 8.77. The van der Waals surface area contributed by atoms with Crippen LogP contribution in [0.25, 0.3) is 16.9 Å². The van der Waals surface area contributed by atoms with Crippen LogP contribution >= 0.6 is 0 Å². The summed E-state index contributed by atoms with van der Waals surface area (Å²) in [6.45, 7) is 0. The Morgan fingerprint density at radius 2 is 1.89 bits per heavy atom. The minimum Gasteiger partial charge on any atom is -0.493 e. The molecule has 2 heterocycles. The normalized spacial score (nSPS) is 10.7. The highest BCUT2D eigenvalue weighted by molar-refractivity contribution is 5.68. The van der Waals surface area contributed by atoms with Crippen molar-refractivity contribution in [2.24, 2.45) is 0 Å². The van der Waals surface area contributed by atoms with E-state index in [1.807, 2.05) is 6.07 Å². The molecule has 0 amide bonds. The van der Waals surface area contributed by atoms with Gasteiger partial charge >= 0.3 is 0 Å². The summed E-state index contributed by atoms with van der Waals surface area (Å²) in [7, 11) is 0. The van der Waals surface area contributed by atoms with Gasteiger partial charge in [0.15, 0.2) is 0 Å². The smallest absolute Gasteiger partial charge is 0.270 e. The van der Waals surface area contributed by atoms with Crippen LogP contribution in [0.1, 0.15) is 0 Å². The van der Waals surface area contributed by atoms with Gasteiger partial charge in [0.25, 0.3) is 5.56 Å². The molecular formula is C13H9N3O2. The maximum atomic E-state index is 12.3. The van der Waals surface area contributed by atoms with E-state index in [0.29, 0.717) is 5.56 Å². The summed E-state index contributed by atoms with van der Waals surface area (Å²) in [5.74, 6) is -0.121. The highest BCUT2D eigenvalue weighted by atomic mass is 16.3. The Bertz CT molecular complexity index is 766. The van der Waals surface area contributed by atoms with E-state index in [9.17, 15) is 9.90 Å². The van der Waals surface area contributed by atoms with Crippen molar-refractivity contribution in [3.05, 3.63) is 59.1 Å². The summed E-state index contributed by atoms with van der Waals surface area (Å²) in [5, 5.41) is 9.88. The Labute approximate surface area is 102 Å². The highest BCUT2D eigenvalue weighted by Crippen LogP contribution is 2.23. The predicted octanol–water partition coefficient (Wildman–Crippen LogP) is 1.46. The second kappa shape index (κ2) is 3.96. The summed E-state index contributed by atoms with van der Waals surface area (Å²) >= 11 is 0. The van der Waals surface area contributed by atoms with Gasteiger partial charge in [0.2, 0.25) is 11.7 Å². The lowest BCUT2D eigenvalue weighted by atomic mass is 10.1. The van der Waals surface area contributed by atoms with Crippen LogP contribution in [0.2, 0.25) is 0 Å². The molecular weight excluding hydrogens is 230 g/mol. The van der Waals surface area contributed by atoms with Crippen LogP contribution < -0.4 is 5.56 Å². The van der Waals surface area contributed by atoms with Crippen molar-refractivity contribution in [1.29, 1.82) is 0 Å². The van der Waals surface area contributed by atoms with E-state index in [0.717, 1.165) is 0 Å². The topological polar surface area (TPSA) is 67.5 Å². The molecule has 0 spiro atoms. The first-order valence-corrected chi connectivity index (χ1v) is 5.39. The molecule has 0 fully saturated rings. The van der Waals surface area contributed by atoms with Crippen LogP contribution in [0.4, 0.5) is 0 Å². The minimum atomic E-state index is -0.336. The van der Waals surface area contributed by atoms with Crippen molar-refractivity contribution in [3.8, 4) is 17.0 Å². The zero-order chi connectivity index (χ0) is 12.5. The maximum absolute atomic E-state index is 12.3. The van der Waals surface area contributed by atoms with Crippen LogP contribution in [0.3, 0.4) is 0 Å². The number of hydrogen-bond acceptors (Lipinski definition) is 4. The first-order valence-electron chi connectivity index (χ1n) is 5.39. The Balaban J connectivity index is 2.41. The average molecular weight is 239 g/mol. The van der Waals surface area contributed by atoms with Crippen LogP contribution in [-0.2, 0) is 0 Å². The van der Waals surface area contributed by atoms with Gasteiger partial charge in [-0.05, 0) is 11.6 Å². The molecule has 0 bridgehead atoms. The van der Waals surface area contributed by atoms with E-state index in [2.05, 4.69) is 9.97 Å². The second-order valence-corrected chi connectivity index (χ2v) is 3.77. The Kier molecular flexibility index (Phi) is 2.30. The lowest BCUT2D eigenvalue weighted by molar-refractivity contribution is 0.454. The standard InChI is InChI=1S/C13H9N3O2/c17-11-10(9-5-2-1-3-6-9)12(18)16-8-4-7-14-13(16)15-11/h1-8,17H. The monoisotopic (exact) mass is 239 g/mol.